The third-order valence-corrected chi connectivity index (χ3v) is 5.55. The fraction of sp³-hybridized carbons (Fsp3) is 0.364. The highest BCUT2D eigenvalue weighted by Gasteiger charge is 2.26. The molecule has 0 radical (unpaired) electrons. The topological polar surface area (TPSA) is 111 Å². The van der Waals surface area contributed by atoms with Gasteiger partial charge in [0.05, 0.1) is 17.9 Å². The molecule has 1 fully saturated rings. The van der Waals surface area contributed by atoms with Crippen molar-refractivity contribution in [1.82, 2.24) is 24.4 Å². The summed E-state index contributed by atoms with van der Waals surface area (Å²) < 4.78 is 21.1. The molecule has 4 heterocycles. The number of hydrogen-bond acceptors (Lipinski definition) is 7. The van der Waals surface area contributed by atoms with Gasteiger partial charge in [-0.1, -0.05) is 0 Å². The molecule has 10 heteroatoms. The molecular weight excluding hydrogens is 413 g/mol. The van der Waals surface area contributed by atoms with Gasteiger partial charge in [-0.05, 0) is 63.3 Å². The Morgan fingerprint density at radius 3 is 2.59 bits per heavy atom. The minimum Gasteiger partial charge on any atom is -0.463 e. The summed E-state index contributed by atoms with van der Waals surface area (Å²) in [5.74, 6) is 0.349. The number of fused-ring (bicyclic) bond motifs is 1. The van der Waals surface area contributed by atoms with E-state index in [0.29, 0.717) is 31.2 Å². The summed E-state index contributed by atoms with van der Waals surface area (Å²) in [6.07, 6.45) is 4.16. The fourth-order valence-electron chi connectivity index (χ4n) is 3.94. The van der Waals surface area contributed by atoms with E-state index in [1.807, 2.05) is 10.6 Å². The summed E-state index contributed by atoms with van der Waals surface area (Å²) in [6.45, 7) is 3.44. The fourth-order valence-corrected chi connectivity index (χ4v) is 3.94. The van der Waals surface area contributed by atoms with Crippen molar-refractivity contribution >= 4 is 12.4 Å². The van der Waals surface area contributed by atoms with Gasteiger partial charge < -0.3 is 20.7 Å². The largest absolute Gasteiger partial charge is 0.463 e. The lowest BCUT2D eigenvalue weighted by Gasteiger charge is -2.29. The number of rotatable bonds is 4. The average Bonchev–Trinajstić information content (AvgIpc) is 3.38. The number of aromatic nitrogens is 4. The molecule has 1 amide bonds. The molecule has 2 aliphatic heterocycles. The van der Waals surface area contributed by atoms with Crippen LogP contribution in [-0.2, 0) is 11.3 Å². The van der Waals surface area contributed by atoms with Crippen molar-refractivity contribution in [3.63, 3.8) is 0 Å². The third-order valence-electron chi connectivity index (χ3n) is 5.55. The van der Waals surface area contributed by atoms with Gasteiger partial charge in [0.1, 0.15) is 18.1 Å². The summed E-state index contributed by atoms with van der Waals surface area (Å²) in [4.78, 5) is 24.8. The van der Waals surface area contributed by atoms with Crippen LogP contribution in [-0.4, -0.2) is 63.6 Å². The molecule has 0 aliphatic carbocycles. The summed E-state index contributed by atoms with van der Waals surface area (Å²) >= 11 is 0. The number of anilines is 1. The van der Waals surface area contributed by atoms with Gasteiger partial charge in [0.2, 0.25) is 12.4 Å². The number of amides is 1. The SMILES string of the molecule is CN1CCC(Nc2nccc(-c3c(-c4ccc(F)cc4)nc4n3CCO4)n2)CC1.NC=O. The zero-order valence-electron chi connectivity index (χ0n) is 17.9. The second kappa shape index (κ2) is 9.73. The predicted molar refractivity (Wildman–Crippen MR) is 119 cm³/mol. The van der Waals surface area contributed by atoms with E-state index in [1.54, 1.807) is 18.3 Å². The number of piperidine rings is 1. The molecule has 3 N–H and O–H groups in total. The maximum atomic E-state index is 13.4. The molecule has 0 unspecified atom stereocenters. The maximum absolute atomic E-state index is 13.4. The van der Waals surface area contributed by atoms with E-state index in [2.05, 4.69) is 33.0 Å². The number of nitrogens with two attached hydrogens (primary N) is 1. The molecule has 0 bridgehead atoms. The molecule has 32 heavy (non-hydrogen) atoms. The summed E-state index contributed by atoms with van der Waals surface area (Å²) in [6, 6.07) is 9.18. The Morgan fingerprint density at radius 2 is 1.88 bits per heavy atom. The van der Waals surface area contributed by atoms with E-state index in [9.17, 15) is 4.39 Å². The molecule has 168 valence electrons. The van der Waals surface area contributed by atoms with Crippen LogP contribution in [0.1, 0.15) is 12.8 Å². The normalized spacial score (nSPS) is 15.9. The van der Waals surface area contributed by atoms with Gasteiger partial charge in [-0.15, -0.1) is 0 Å². The molecule has 9 nitrogen and oxygen atoms in total. The quantitative estimate of drug-likeness (QED) is 0.599. The van der Waals surface area contributed by atoms with Gasteiger partial charge in [0, 0.05) is 17.8 Å². The van der Waals surface area contributed by atoms with Crippen molar-refractivity contribution in [3.05, 3.63) is 42.3 Å². The Hall–Kier alpha value is -3.53. The number of carbonyl (C=O) groups is 1. The highest BCUT2D eigenvalue weighted by atomic mass is 19.1. The van der Waals surface area contributed by atoms with Crippen LogP contribution < -0.4 is 15.8 Å². The minimum atomic E-state index is -0.273. The molecule has 2 aliphatic rings. The first-order valence-corrected chi connectivity index (χ1v) is 10.5. The second-order valence-electron chi connectivity index (χ2n) is 7.72. The summed E-state index contributed by atoms with van der Waals surface area (Å²) in [5.41, 5.74) is 7.39. The lowest BCUT2D eigenvalue weighted by atomic mass is 10.1. The Bertz CT molecular complexity index is 1060. The minimum absolute atomic E-state index is 0.250. The first-order chi connectivity index (χ1) is 15.6. The number of benzene rings is 1. The van der Waals surface area contributed by atoms with E-state index in [4.69, 9.17) is 14.5 Å². The molecule has 0 spiro atoms. The molecule has 3 aromatic rings. The van der Waals surface area contributed by atoms with Crippen LogP contribution in [0, 0.1) is 5.82 Å². The Balaban J connectivity index is 0.000000775. The number of ether oxygens (including phenoxy) is 1. The number of halogens is 1. The molecular formula is C22H26FN7O2. The van der Waals surface area contributed by atoms with Crippen molar-refractivity contribution in [2.24, 2.45) is 5.73 Å². The third kappa shape index (κ3) is 4.70. The number of carbonyl (C=O) groups excluding carboxylic acids is 1. The zero-order chi connectivity index (χ0) is 22.5. The zero-order valence-corrected chi connectivity index (χ0v) is 17.9. The van der Waals surface area contributed by atoms with E-state index in [-0.39, 0.29) is 12.2 Å². The molecule has 5 rings (SSSR count). The highest BCUT2D eigenvalue weighted by molar-refractivity contribution is 5.78. The Kier molecular flexibility index (Phi) is 6.60. The predicted octanol–water partition coefficient (Wildman–Crippen LogP) is 2.15. The Labute approximate surface area is 185 Å². The monoisotopic (exact) mass is 439 g/mol. The number of imidazole rings is 1. The van der Waals surface area contributed by atoms with E-state index >= 15 is 0 Å². The van der Waals surface area contributed by atoms with Gasteiger partial charge in [-0.25, -0.2) is 14.4 Å². The summed E-state index contributed by atoms with van der Waals surface area (Å²) in [7, 11) is 2.15. The van der Waals surface area contributed by atoms with Crippen LogP contribution in [0.15, 0.2) is 36.5 Å². The number of hydrogen-bond donors (Lipinski definition) is 2. The van der Waals surface area contributed by atoms with Crippen molar-refractivity contribution in [1.29, 1.82) is 0 Å². The molecule has 2 aromatic heterocycles. The first kappa shape index (κ1) is 21.7. The molecule has 1 aromatic carbocycles. The van der Waals surface area contributed by atoms with Crippen molar-refractivity contribution in [2.45, 2.75) is 25.4 Å². The van der Waals surface area contributed by atoms with Gasteiger partial charge in [-0.2, -0.15) is 4.98 Å². The lowest BCUT2D eigenvalue weighted by Crippen LogP contribution is -2.37. The second-order valence-corrected chi connectivity index (χ2v) is 7.72. The molecule has 0 atom stereocenters. The maximum Gasteiger partial charge on any atom is 0.297 e. The van der Waals surface area contributed by atoms with E-state index in [0.717, 1.165) is 48.6 Å². The Morgan fingerprint density at radius 1 is 1.16 bits per heavy atom. The number of likely N-dealkylation sites (tertiary alicyclic amines) is 1. The number of nitrogens with zero attached hydrogens (tertiary/aromatic N) is 5. The lowest BCUT2D eigenvalue weighted by molar-refractivity contribution is -0.106. The highest BCUT2D eigenvalue weighted by Crippen LogP contribution is 2.36. The average molecular weight is 439 g/mol. The van der Waals surface area contributed by atoms with E-state index < -0.39 is 0 Å². The van der Waals surface area contributed by atoms with Crippen LogP contribution >= 0.6 is 0 Å². The van der Waals surface area contributed by atoms with Crippen LogP contribution in [0.4, 0.5) is 10.3 Å². The number of nitrogens with one attached hydrogen (secondary N) is 1. The van der Waals surface area contributed by atoms with Crippen molar-refractivity contribution in [2.75, 3.05) is 32.1 Å². The standard InChI is InChI=1S/C21H23FN6O.CH3NO/c1-27-10-7-16(8-11-27)24-20-23-9-6-17(25-20)19-18(14-2-4-15(22)5-3-14)26-21-28(19)12-13-29-21;2-1-3/h2-6,9,16H,7-8,10-13H2,1H3,(H,23,24,25);1H,(H2,2,3). The summed E-state index contributed by atoms with van der Waals surface area (Å²) in [5, 5.41) is 3.48. The van der Waals surface area contributed by atoms with Crippen LogP contribution in [0.25, 0.3) is 22.6 Å². The smallest absolute Gasteiger partial charge is 0.297 e. The van der Waals surface area contributed by atoms with E-state index in [1.165, 1.54) is 12.1 Å². The molecule has 0 saturated carbocycles. The van der Waals surface area contributed by atoms with Crippen LogP contribution in [0.2, 0.25) is 0 Å². The number of primary amides is 1. The van der Waals surface area contributed by atoms with Crippen molar-refractivity contribution < 1.29 is 13.9 Å². The van der Waals surface area contributed by atoms with Gasteiger partial charge in [0.15, 0.2) is 0 Å². The first-order valence-electron chi connectivity index (χ1n) is 10.5. The van der Waals surface area contributed by atoms with Crippen LogP contribution in [0.5, 0.6) is 6.01 Å². The van der Waals surface area contributed by atoms with Crippen molar-refractivity contribution in [3.8, 4) is 28.7 Å². The van der Waals surface area contributed by atoms with Crippen LogP contribution in [0.3, 0.4) is 0 Å². The molecule has 1 saturated heterocycles. The van der Waals surface area contributed by atoms with Gasteiger partial charge in [0.25, 0.3) is 6.01 Å². The van der Waals surface area contributed by atoms with Gasteiger partial charge >= 0.3 is 0 Å². The van der Waals surface area contributed by atoms with Gasteiger partial charge in [-0.3, -0.25) is 9.36 Å².